The number of hydrogen-bond donors (Lipinski definition) is 2. The third-order valence-corrected chi connectivity index (χ3v) is 5.26. The number of imidazole rings is 1. The van der Waals surface area contributed by atoms with Crippen LogP contribution in [0, 0.1) is 0 Å². The van der Waals surface area contributed by atoms with Crippen molar-refractivity contribution in [1.82, 2.24) is 14.9 Å². The molecule has 0 spiro atoms. The zero-order valence-electron chi connectivity index (χ0n) is 19.7. The number of allylic oxidation sites excluding steroid dienone is 2. The Morgan fingerprint density at radius 3 is 2.76 bits per heavy atom. The molecule has 2 rings (SSSR count). The maximum atomic E-state index is 12.9. The molecule has 0 fully saturated rings. The Labute approximate surface area is 192 Å². The summed E-state index contributed by atoms with van der Waals surface area (Å²) >= 11 is 0. The summed E-state index contributed by atoms with van der Waals surface area (Å²) in [6, 6.07) is 1.31. The van der Waals surface area contributed by atoms with Crippen molar-refractivity contribution in [3.05, 3.63) is 63.4 Å². The fraction of sp³-hybridized carbons (Fsp3) is 0.417. The Kier molecular flexibility index (Phi) is 9.20. The fourth-order valence-corrected chi connectivity index (χ4v) is 3.25. The van der Waals surface area contributed by atoms with Crippen LogP contribution in [0.4, 0.5) is 4.79 Å². The number of aromatic hydroxyl groups is 1. The zero-order valence-corrected chi connectivity index (χ0v) is 19.7. The largest absolute Gasteiger partial charge is 0.507 e. The van der Waals surface area contributed by atoms with Gasteiger partial charge in [-0.2, -0.15) is 0 Å². The van der Waals surface area contributed by atoms with E-state index < -0.39 is 28.8 Å². The van der Waals surface area contributed by atoms with E-state index in [0.717, 1.165) is 18.5 Å². The van der Waals surface area contributed by atoms with Gasteiger partial charge in [-0.1, -0.05) is 26.3 Å². The molecule has 0 aliphatic carbocycles. The highest BCUT2D eigenvalue weighted by Crippen LogP contribution is 2.26. The molecule has 2 heterocycles. The van der Waals surface area contributed by atoms with Crippen LogP contribution >= 0.6 is 0 Å². The molecule has 178 valence electrons. The normalized spacial score (nSPS) is 12.7. The minimum absolute atomic E-state index is 0.197. The quantitative estimate of drug-likeness (QED) is 0.407. The lowest BCUT2D eigenvalue weighted by atomic mass is 10.00. The molecule has 9 nitrogen and oxygen atoms in total. The molecule has 2 aromatic heterocycles. The first-order valence-corrected chi connectivity index (χ1v) is 10.8. The summed E-state index contributed by atoms with van der Waals surface area (Å²) in [6.07, 6.45) is 9.00. The molecular weight excluding hydrogens is 426 g/mol. The number of methoxy groups -OCH3 is 1. The predicted octanol–water partition coefficient (Wildman–Crippen LogP) is 4.07. The van der Waals surface area contributed by atoms with Gasteiger partial charge in [0, 0.05) is 42.7 Å². The summed E-state index contributed by atoms with van der Waals surface area (Å²) in [5.41, 5.74) is 0.0212. The minimum Gasteiger partial charge on any atom is -0.507 e. The molecule has 0 aromatic carbocycles. The van der Waals surface area contributed by atoms with Crippen molar-refractivity contribution in [2.45, 2.75) is 52.4 Å². The molecule has 0 aliphatic heterocycles. The molecule has 1 amide bonds. The Balaban J connectivity index is 2.15. The summed E-state index contributed by atoms with van der Waals surface area (Å²) in [5.74, 6) is -0.360. The van der Waals surface area contributed by atoms with Gasteiger partial charge < -0.3 is 18.8 Å². The molecular formula is C24H31N3O6. The topological polar surface area (TPSA) is 124 Å². The van der Waals surface area contributed by atoms with Crippen LogP contribution in [0.15, 0.2) is 39.3 Å². The van der Waals surface area contributed by atoms with Crippen LogP contribution in [0.3, 0.4) is 0 Å². The van der Waals surface area contributed by atoms with Crippen LogP contribution in [0.5, 0.6) is 5.75 Å². The van der Waals surface area contributed by atoms with Crippen LogP contribution < -0.4 is 10.9 Å². The molecule has 1 atom stereocenters. The van der Waals surface area contributed by atoms with Crippen LogP contribution in [0.2, 0.25) is 0 Å². The first-order valence-electron chi connectivity index (χ1n) is 10.8. The number of alkyl carbamates (subject to hydrolysis) is 1. The van der Waals surface area contributed by atoms with Crippen molar-refractivity contribution in [3.63, 3.8) is 0 Å². The zero-order chi connectivity index (χ0) is 24.5. The highest BCUT2D eigenvalue weighted by atomic mass is 16.5. The molecule has 0 saturated carbocycles. The van der Waals surface area contributed by atoms with Gasteiger partial charge >= 0.3 is 11.7 Å². The van der Waals surface area contributed by atoms with E-state index in [1.807, 2.05) is 18.5 Å². The summed E-state index contributed by atoms with van der Waals surface area (Å²) in [5, 5.41) is 12.8. The molecule has 0 aliphatic rings. The van der Waals surface area contributed by atoms with E-state index in [1.165, 1.54) is 19.4 Å². The minimum atomic E-state index is -0.885. The summed E-state index contributed by atoms with van der Waals surface area (Å²) < 4.78 is 11.7. The fourth-order valence-electron chi connectivity index (χ4n) is 3.25. The second-order valence-corrected chi connectivity index (χ2v) is 7.79. The van der Waals surface area contributed by atoms with Gasteiger partial charge in [0.15, 0.2) is 5.78 Å². The van der Waals surface area contributed by atoms with Crippen molar-refractivity contribution >= 4 is 18.0 Å². The summed E-state index contributed by atoms with van der Waals surface area (Å²) in [7, 11) is 3.14. The Morgan fingerprint density at radius 2 is 2.12 bits per heavy atom. The predicted molar refractivity (Wildman–Crippen MR) is 124 cm³/mol. The lowest BCUT2D eigenvalue weighted by Crippen LogP contribution is -2.17. The molecule has 1 unspecified atom stereocenters. The lowest BCUT2D eigenvalue weighted by molar-refractivity contribution is 0.102. The number of aryl methyl sites for hydroxylation is 1. The SMILES string of the molecule is CCCc1cnc(/C=C(\C)C(=O)c2c(O)cc(C(C)CC/C=C/NC(=O)OC)oc2=O)n1C. The van der Waals surface area contributed by atoms with Gasteiger partial charge in [-0.25, -0.2) is 14.6 Å². The van der Waals surface area contributed by atoms with Crippen molar-refractivity contribution in [2.75, 3.05) is 7.11 Å². The number of aromatic nitrogens is 2. The average Bonchev–Trinajstić information content (AvgIpc) is 3.11. The van der Waals surface area contributed by atoms with Gasteiger partial charge in [0.25, 0.3) is 0 Å². The average molecular weight is 458 g/mol. The standard InChI is InChI=1S/C24H31N3O6/c1-6-9-17-14-26-20(27(17)4)12-16(3)22(29)21-18(28)13-19(33-23(21)30)15(2)10-7-8-11-25-24(31)32-5/h8,11-15,28H,6-7,9-10H2,1-5H3,(H,25,31)/b11-8+,16-12+. The number of carbonyl (C=O) groups excluding carboxylic acids is 2. The van der Waals surface area contributed by atoms with Gasteiger partial charge in [0.05, 0.1) is 7.11 Å². The van der Waals surface area contributed by atoms with E-state index in [4.69, 9.17) is 4.42 Å². The number of nitrogens with zero attached hydrogens (tertiary/aromatic N) is 2. The first-order chi connectivity index (χ1) is 15.7. The number of Topliss-reactive ketones (excluding diaryl/α,β-unsaturated/α-hetero) is 1. The van der Waals surface area contributed by atoms with E-state index in [-0.39, 0.29) is 17.3 Å². The Morgan fingerprint density at radius 1 is 1.39 bits per heavy atom. The van der Waals surface area contributed by atoms with Crippen molar-refractivity contribution in [1.29, 1.82) is 0 Å². The molecule has 2 N–H and O–H groups in total. The van der Waals surface area contributed by atoms with Gasteiger partial charge in [-0.15, -0.1) is 0 Å². The van der Waals surface area contributed by atoms with E-state index >= 15 is 0 Å². The highest BCUT2D eigenvalue weighted by molar-refractivity contribution is 6.11. The molecule has 0 saturated heterocycles. The van der Waals surface area contributed by atoms with Gasteiger partial charge in [0.2, 0.25) is 0 Å². The Bertz CT molecular complexity index is 1110. The second kappa shape index (κ2) is 11.8. The van der Waals surface area contributed by atoms with Crippen LogP contribution in [0.25, 0.3) is 6.08 Å². The molecule has 0 bridgehead atoms. The number of amides is 1. The molecule has 0 radical (unpaired) electrons. The van der Waals surface area contributed by atoms with Gasteiger partial charge in [-0.05, 0) is 32.3 Å². The third-order valence-electron chi connectivity index (χ3n) is 5.26. The van der Waals surface area contributed by atoms with Crippen LogP contribution in [-0.4, -0.2) is 33.6 Å². The lowest BCUT2D eigenvalue weighted by Gasteiger charge is -2.11. The monoisotopic (exact) mass is 457 g/mol. The number of rotatable bonds is 10. The number of nitrogens with one attached hydrogen (secondary N) is 1. The van der Waals surface area contributed by atoms with Gasteiger partial charge in [0.1, 0.15) is 22.9 Å². The van der Waals surface area contributed by atoms with E-state index in [9.17, 15) is 19.5 Å². The third kappa shape index (κ3) is 6.68. The maximum absolute atomic E-state index is 12.9. The first kappa shape index (κ1) is 25.6. The molecule has 33 heavy (non-hydrogen) atoms. The molecule has 2 aromatic rings. The number of ketones is 1. The van der Waals surface area contributed by atoms with Crippen molar-refractivity contribution < 1.29 is 23.8 Å². The summed E-state index contributed by atoms with van der Waals surface area (Å²) in [6.45, 7) is 5.48. The maximum Gasteiger partial charge on any atom is 0.410 e. The molecule has 9 heteroatoms. The number of carbonyl (C=O) groups is 2. The van der Waals surface area contributed by atoms with Crippen LogP contribution in [0.1, 0.15) is 73.6 Å². The van der Waals surface area contributed by atoms with E-state index in [2.05, 4.69) is 22.0 Å². The number of hydrogen-bond acceptors (Lipinski definition) is 7. The number of ether oxygens (including phenoxy) is 1. The van der Waals surface area contributed by atoms with Crippen molar-refractivity contribution in [3.8, 4) is 5.75 Å². The van der Waals surface area contributed by atoms with E-state index in [0.29, 0.717) is 18.7 Å². The van der Waals surface area contributed by atoms with E-state index in [1.54, 1.807) is 25.3 Å². The van der Waals surface area contributed by atoms with Crippen molar-refractivity contribution in [2.24, 2.45) is 7.05 Å². The Hall–Kier alpha value is -3.62. The van der Waals surface area contributed by atoms with Crippen LogP contribution in [-0.2, 0) is 18.2 Å². The highest BCUT2D eigenvalue weighted by Gasteiger charge is 2.22. The smallest absolute Gasteiger partial charge is 0.410 e. The summed E-state index contributed by atoms with van der Waals surface area (Å²) in [4.78, 5) is 40.7. The van der Waals surface area contributed by atoms with Gasteiger partial charge in [-0.3, -0.25) is 10.1 Å². The second-order valence-electron chi connectivity index (χ2n) is 7.79.